The first kappa shape index (κ1) is 14.6. The number of nitriles is 1. The zero-order valence-corrected chi connectivity index (χ0v) is 12.9. The van der Waals surface area contributed by atoms with Crippen molar-refractivity contribution in [1.82, 2.24) is 0 Å². The molecule has 2 rings (SSSR count). The standard InChI is InChI=1S/C15H10BrClN2O/c1-9-6-12(17)3-4-13(9)15(20)19-14-5-2-11(16)7-10(14)8-18/h2-7H,1H3,(H,19,20). The monoisotopic (exact) mass is 348 g/mol. The van der Waals surface area contributed by atoms with Gasteiger partial charge in [-0.1, -0.05) is 27.5 Å². The molecule has 0 atom stereocenters. The van der Waals surface area contributed by atoms with E-state index in [1.54, 1.807) is 36.4 Å². The number of halogens is 2. The molecule has 2 aromatic rings. The van der Waals surface area contributed by atoms with E-state index < -0.39 is 0 Å². The van der Waals surface area contributed by atoms with Crippen LogP contribution in [0.5, 0.6) is 0 Å². The molecule has 0 saturated carbocycles. The molecule has 0 radical (unpaired) electrons. The third-order valence-electron chi connectivity index (χ3n) is 2.78. The highest BCUT2D eigenvalue weighted by Gasteiger charge is 2.12. The predicted octanol–water partition coefficient (Wildman–Crippen LogP) is 4.53. The number of rotatable bonds is 2. The van der Waals surface area contributed by atoms with Crippen molar-refractivity contribution in [1.29, 1.82) is 5.26 Å². The van der Waals surface area contributed by atoms with Gasteiger partial charge < -0.3 is 5.32 Å². The minimum atomic E-state index is -0.266. The fourth-order valence-electron chi connectivity index (χ4n) is 1.79. The third-order valence-corrected chi connectivity index (χ3v) is 3.51. The Morgan fingerprint density at radius 2 is 2.05 bits per heavy atom. The van der Waals surface area contributed by atoms with Gasteiger partial charge in [0.25, 0.3) is 5.91 Å². The Bertz CT molecular complexity index is 722. The topological polar surface area (TPSA) is 52.9 Å². The molecule has 0 aliphatic rings. The molecule has 3 nitrogen and oxygen atoms in total. The second kappa shape index (κ2) is 6.08. The number of carbonyl (C=O) groups excluding carboxylic acids is 1. The van der Waals surface area contributed by atoms with Crippen LogP contribution in [-0.4, -0.2) is 5.91 Å². The normalized spacial score (nSPS) is 9.90. The van der Waals surface area contributed by atoms with Gasteiger partial charge in [-0.3, -0.25) is 4.79 Å². The fourth-order valence-corrected chi connectivity index (χ4v) is 2.38. The fraction of sp³-hybridized carbons (Fsp3) is 0.0667. The molecule has 100 valence electrons. The molecule has 0 fully saturated rings. The highest BCUT2D eigenvalue weighted by atomic mass is 79.9. The summed E-state index contributed by atoms with van der Waals surface area (Å²) in [5.74, 6) is -0.266. The molecule has 0 bridgehead atoms. The van der Waals surface area contributed by atoms with E-state index >= 15 is 0 Å². The number of aryl methyl sites for hydroxylation is 1. The van der Waals surface area contributed by atoms with Crippen molar-refractivity contribution in [3.05, 3.63) is 62.6 Å². The largest absolute Gasteiger partial charge is 0.321 e. The molecule has 0 heterocycles. The zero-order valence-electron chi connectivity index (χ0n) is 10.6. The first-order chi connectivity index (χ1) is 9.51. The van der Waals surface area contributed by atoms with Gasteiger partial charge in [0.15, 0.2) is 0 Å². The number of nitrogens with zero attached hydrogens (tertiary/aromatic N) is 1. The Labute approximate surface area is 130 Å². The third kappa shape index (κ3) is 3.19. The van der Waals surface area contributed by atoms with Crippen LogP contribution in [0.4, 0.5) is 5.69 Å². The molecule has 0 spiro atoms. The lowest BCUT2D eigenvalue weighted by molar-refractivity contribution is 0.102. The summed E-state index contributed by atoms with van der Waals surface area (Å²) in [5.41, 5.74) is 2.20. The van der Waals surface area contributed by atoms with Crippen molar-refractivity contribution >= 4 is 39.1 Å². The minimum absolute atomic E-state index is 0.266. The van der Waals surface area contributed by atoms with Gasteiger partial charge in [0.05, 0.1) is 11.3 Å². The van der Waals surface area contributed by atoms with E-state index in [1.165, 1.54) is 0 Å². The number of hydrogen-bond donors (Lipinski definition) is 1. The van der Waals surface area contributed by atoms with E-state index in [0.717, 1.165) is 10.0 Å². The van der Waals surface area contributed by atoms with E-state index in [-0.39, 0.29) is 5.91 Å². The number of amides is 1. The maximum absolute atomic E-state index is 12.2. The summed E-state index contributed by atoms with van der Waals surface area (Å²) in [7, 11) is 0. The van der Waals surface area contributed by atoms with Crippen LogP contribution in [0.1, 0.15) is 21.5 Å². The molecular weight excluding hydrogens is 340 g/mol. The summed E-state index contributed by atoms with van der Waals surface area (Å²) in [5, 5.41) is 12.4. The Kier molecular flexibility index (Phi) is 4.43. The SMILES string of the molecule is Cc1cc(Cl)ccc1C(=O)Nc1ccc(Br)cc1C#N. The van der Waals surface area contributed by atoms with Gasteiger partial charge >= 0.3 is 0 Å². The molecule has 2 aromatic carbocycles. The molecule has 0 aromatic heterocycles. The smallest absolute Gasteiger partial charge is 0.255 e. The predicted molar refractivity (Wildman–Crippen MR) is 83.0 cm³/mol. The number of benzene rings is 2. The van der Waals surface area contributed by atoms with Crippen LogP contribution >= 0.6 is 27.5 Å². The summed E-state index contributed by atoms with van der Waals surface area (Å²) >= 11 is 9.16. The van der Waals surface area contributed by atoms with Gasteiger partial charge in [-0.15, -0.1) is 0 Å². The summed E-state index contributed by atoms with van der Waals surface area (Å²) in [6.07, 6.45) is 0. The first-order valence-corrected chi connectivity index (χ1v) is 6.95. The van der Waals surface area contributed by atoms with E-state index in [2.05, 4.69) is 27.3 Å². The molecule has 0 aliphatic heterocycles. The van der Waals surface area contributed by atoms with Gasteiger partial charge in [0.2, 0.25) is 0 Å². The van der Waals surface area contributed by atoms with Gasteiger partial charge in [0.1, 0.15) is 6.07 Å². The lowest BCUT2D eigenvalue weighted by Gasteiger charge is -2.09. The number of anilines is 1. The van der Waals surface area contributed by atoms with Crippen LogP contribution in [0.2, 0.25) is 5.02 Å². The Hall–Kier alpha value is -1.83. The number of nitrogens with one attached hydrogen (secondary N) is 1. The average molecular weight is 350 g/mol. The van der Waals surface area contributed by atoms with Crippen molar-refractivity contribution in [3.63, 3.8) is 0 Å². The Morgan fingerprint density at radius 3 is 2.70 bits per heavy atom. The molecule has 0 aliphatic carbocycles. The van der Waals surface area contributed by atoms with Crippen LogP contribution in [-0.2, 0) is 0 Å². The molecule has 1 N–H and O–H groups in total. The molecule has 20 heavy (non-hydrogen) atoms. The maximum atomic E-state index is 12.2. The molecule has 0 unspecified atom stereocenters. The Morgan fingerprint density at radius 1 is 1.30 bits per heavy atom. The highest BCUT2D eigenvalue weighted by molar-refractivity contribution is 9.10. The van der Waals surface area contributed by atoms with Crippen molar-refractivity contribution in [2.24, 2.45) is 0 Å². The zero-order chi connectivity index (χ0) is 14.7. The molecule has 1 amide bonds. The van der Waals surface area contributed by atoms with Crippen LogP contribution in [0, 0.1) is 18.3 Å². The van der Waals surface area contributed by atoms with Crippen molar-refractivity contribution in [2.45, 2.75) is 6.92 Å². The Balaban J connectivity index is 2.31. The molecule has 0 saturated heterocycles. The van der Waals surface area contributed by atoms with E-state index in [1.807, 2.05) is 6.92 Å². The van der Waals surface area contributed by atoms with Crippen LogP contribution in [0.3, 0.4) is 0 Å². The van der Waals surface area contributed by atoms with Crippen molar-refractivity contribution < 1.29 is 4.79 Å². The lowest BCUT2D eigenvalue weighted by atomic mass is 10.1. The van der Waals surface area contributed by atoms with E-state index in [4.69, 9.17) is 16.9 Å². The van der Waals surface area contributed by atoms with Gasteiger partial charge in [0, 0.05) is 15.1 Å². The van der Waals surface area contributed by atoms with Gasteiger partial charge in [-0.25, -0.2) is 0 Å². The lowest BCUT2D eigenvalue weighted by Crippen LogP contribution is -2.14. The second-order valence-corrected chi connectivity index (χ2v) is 5.57. The van der Waals surface area contributed by atoms with E-state index in [9.17, 15) is 4.79 Å². The second-order valence-electron chi connectivity index (χ2n) is 4.22. The molecule has 5 heteroatoms. The highest BCUT2D eigenvalue weighted by Crippen LogP contribution is 2.22. The van der Waals surface area contributed by atoms with E-state index in [0.29, 0.717) is 21.8 Å². The van der Waals surface area contributed by atoms with Crippen molar-refractivity contribution in [3.8, 4) is 6.07 Å². The summed E-state index contributed by atoms with van der Waals surface area (Å²) in [4.78, 5) is 12.2. The van der Waals surface area contributed by atoms with Gasteiger partial charge in [-0.2, -0.15) is 5.26 Å². The minimum Gasteiger partial charge on any atom is -0.321 e. The van der Waals surface area contributed by atoms with Crippen LogP contribution < -0.4 is 5.32 Å². The van der Waals surface area contributed by atoms with Crippen molar-refractivity contribution in [2.75, 3.05) is 5.32 Å². The van der Waals surface area contributed by atoms with Crippen LogP contribution in [0.15, 0.2) is 40.9 Å². The summed E-state index contributed by atoms with van der Waals surface area (Å²) in [6, 6.07) is 12.2. The summed E-state index contributed by atoms with van der Waals surface area (Å²) in [6.45, 7) is 1.81. The quantitative estimate of drug-likeness (QED) is 0.865. The maximum Gasteiger partial charge on any atom is 0.255 e. The van der Waals surface area contributed by atoms with Crippen LogP contribution in [0.25, 0.3) is 0 Å². The number of carbonyl (C=O) groups is 1. The molecular formula is C15H10BrClN2O. The number of hydrogen-bond acceptors (Lipinski definition) is 2. The summed E-state index contributed by atoms with van der Waals surface area (Å²) < 4.78 is 0.787. The van der Waals surface area contributed by atoms with Gasteiger partial charge in [-0.05, 0) is 48.9 Å². The first-order valence-electron chi connectivity index (χ1n) is 5.78. The average Bonchev–Trinajstić information content (AvgIpc) is 2.40.